The van der Waals surface area contributed by atoms with E-state index in [0.29, 0.717) is 17.5 Å². The molecule has 3 heteroatoms. The van der Waals surface area contributed by atoms with E-state index in [-0.39, 0.29) is 0 Å². The highest BCUT2D eigenvalue weighted by molar-refractivity contribution is 4.99. The van der Waals surface area contributed by atoms with Crippen LogP contribution in [0.15, 0.2) is 0 Å². The van der Waals surface area contributed by atoms with Gasteiger partial charge in [-0.05, 0) is 36.5 Å². The zero-order chi connectivity index (χ0) is 14.8. The fourth-order valence-electron chi connectivity index (χ4n) is 3.55. The number of nitrogens with zero attached hydrogens (tertiary/aromatic N) is 1. The number of piperazine rings is 1. The van der Waals surface area contributed by atoms with E-state index in [1.165, 1.54) is 32.4 Å². The van der Waals surface area contributed by atoms with Gasteiger partial charge in [0.1, 0.15) is 0 Å². The topological polar surface area (TPSA) is 24.5 Å². The van der Waals surface area contributed by atoms with E-state index in [9.17, 15) is 0 Å². The lowest BCUT2D eigenvalue weighted by Crippen LogP contribution is -2.60. The van der Waals surface area contributed by atoms with Gasteiger partial charge < -0.3 is 10.1 Å². The van der Waals surface area contributed by atoms with Gasteiger partial charge in [0.05, 0.1) is 0 Å². The minimum absolute atomic E-state index is 0.571. The molecule has 1 heterocycles. The fraction of sp³-hybridized carbons (Fsp3) is 1.00. The van der Waals surface area contributed by atoms with Gasteiger partial charge in [-0.2, -0.15) is 0 Å². The first-order chi connectivity index (χ1) is 9.47. The maximum atomic E-state index is 5.31. The number of methoxy groups -OCH3 is 1. The first-order valence-corrected chi connectivity index (χ1v) is 8.44. The Kier molecular flexibility index (Phi) is 5.49. The van der Waals surface area contributed by atoms with E-state index in [2.05, 4.69) is 37.9 Å². The van der Waals surface area contributed by atoms with Gasteiger partial charge in [0.15, 0.2) is 0 Å². The molecule has 0 aromatic heterocycles. The standard InChI is InChI=1S/C17H34N2O/c1-13(2)15-11-19(16(10-18-15)14(3)4)12-17(6-7-17)8-9-20-5/h13-16,18H,6-12H2,1-5H3. The molecule has 1 saturated heterocycles. The highest BCUT2D eigenvalue weighted by atomic mass is 16.5. The van der Waals surface area contributed by atoms with Crippen molar-refractivity contribution in [1.29, 1.82) is 0 Å². The van der Waals surface area contributed by atoms with E-state index in [4.69, 9.17) is 4.74 Å². The van der Waals surface area contributed by atoms with Gasteiger partial charge in [-0.3, -0.25) is 4.90 Å². The zero-order valence-electron chi connectivity index (χ0n) is 14.1. The molecule has 2 fully saturated rings. The summed E-state index contributed by atoms with van der Waals surface area (Å²) in [6.07, 6.45) is 4.04. The third kappa shape index (κ3) is 3.96. The van der Waals surface area contributed by atoms with Gasteiger partial charge in [-0.1, -0.05) is 27.7 Å². The van der Waals surface area contributed by atoms with Crippen molar-refractivity contribution < 1.29 is 4.74 Å². The predicted molar refractivity (Wildman–Crippen MR) is 85.0 cm³/mol. The SMILES string of the molecule is COCCC1(CN2CC(C(C)C)NCC2C(C)C)CC1. The van der Waals surface area contributed by atoms with Crippen LogP contribution < -0.4 is 5.32 Å². The van der Waals surface area contributed by atoms with E-state index in [0.717, 1.165) is 25.0 Å². The first kappa shape index (κ1) is 16.3. The van der Waals surface area contributed by atoms with Crippen LogP contribution >= 0.6 is 0 Å². The normalized spacial score (nSPS) is 30.1. The Labute approximate surface area is 125 Å². The molecule has 2 aliphatic rings. The van der Waals surface area contributed by atoms with Crippen molar-refractivity contribution in [1.82, 2.24) is 10.2 Å². The molecular formula is C17H34N2O. The van der Waals surface area contributed by atoms with Crippen molar-refractivity contribution in [3.8, 4) is 0 Å². The Bertz CT molecular complexity index is 299. The second-order valence-corrected chi connectivity index (χ2v) is 7.74. The van der Waals surface area contributed by atoms with Crippen LogP contribution in [0.1, 0.15) is 47.0 Å². The number of ether oxygens (including phenoxy) is 1. The summed E-state index contributed by atoms with van der Waals surface area (Å²) in [6.45, 7) is 14.0. The van der Waals surface area contributed by atoms with Gasteiger partial charge in [0.2, 0.25) is 0 Å². The summed E-state index contributed by atoms with van der Waals surface area (Å²) in [7, 11) is 1.83. The lowest BCUT2D eigenvalue weighted by atomic mass is 9.91. The molecule has 0 bridgehead atoms. The Balaban J connectivity index is 1.97. The highest BCUT2D eigenvalue weighted by Crippen LogP contribution is 2.50. The molecule has 118 valence electrons. The van der Waals surface area contributed by atoms with Crippen molar-refractivity contribution in [2.24, 2.45) is 17.3 Å². The summed E-state index contributed by atoms with van der Waals surface area (Å²) in [5.74, 6) is 1.45. The van der Waals surface area contributed by atoms with Crippen LogP contribution in [0.5, 0.6) is 0 Å². The molecule has 20 heavy (non-hydrogen) atoms. The lowest BCUT2D eigenvalue weighted by molar-refractivity contribution is 0.0569. The molecule has 2 atom stereocenters. The molecule has 3 nitrogen and oxygen atoms in total. The molecule has 0 aromatic rings. The average Bonchev–Trinajstić information content (AvgIpc) is 3.16. The summed E-state index contributed by atoms with van der Waals surface area (Å²) in [4.78, 5) is 2.79. The van der Waals surface area contributed by atoms with Crippen molar-refractivity contribution in [3.63, 3.8) is 0 Å². The number of rotatable bonds is 7. The van der Waals surface area contributed by atoms with Gasteiger partial charge >= 0.3 is 0 Å². The molecule has 0 aromatic carbocycles. The first-order valence-electron chi connectivity index (χ1n) is 8.44. The lowest BCUT2D eigenvalue weighted by Gasteiger charge is -2.45. The summed E-state index contributed by atoms with van der Waals surface area (Å²) in [5, 5.41) is 3.76. The van der Waals surface area contributed by atoms with Crippen LogP contribution in [-0.4, -0.2) is 50.3 Å². The van der Waals surface area contributed by atoms with Crippen LogP contribution in [0, 0.1) is 17.3 Å². The predicted octanol–water partition coefficient (Wildman–Crippen LogP) is 2.76. The quantitative estimate of drug-likeness (QED) is 0.777. The second kappa shape index (κ2) is 6.76. The van der Waals surface area contributed by atoms with Crippen LogP contribution in [0.4, 0.5) is 0 Å². The molecule has 1 N–H and O–H groups in total. The van der Waals surface area contributed by atoms with E-state index >= 15 is 0 Å². The van der Waals surface area contributed by atoms with Crippen molar-refractivity contribution in [2.75, 3.05) is 33.4 Å². The van der Waals surface area contributed by atoms with Crippen LogP contribution in [0.2, 0.25) is 0 Å². The summed E-state index contributed by atoms with van der Waals surface area (Å²) in [5.41, 5.74) is 0.571. The van der Waals surface area contributed by atoms with Crippen LogP contribution in [0.25, 0.3) is 0 Å². The van der Waals surface area contributed by atoms with Crippen molar-refractivity contribution in [2.45, 2.75) is 59.0 Å². The second-order valence-electron chi connectivity index (χ2n) is 7.74. The van der Waals surface area contributed by atoms with Crippen molar-refractivity contribution in [3.05, 3.63) is 0 Å². The van der Waals surface area contributed by atoms with E-state index in [1.807, 2.05) is 7.11 Å². The minimum atomic E-state index is 0.571. The molecule has 2 rings (SSSR count). The maximum Gasteiger partial charge on any atom is 0.0468 e. The zero-order valence-corrected chi connectivity index (χ0v) is 14.1. The largest absolute Gasteiger partial charge is 0.385 e. The molecule has 1 aliphatic carbocycles. The van der Waals surface area contributed by atoms with Gasteiger partial charge in [0.25, 0.3) is 0 Å². The average molecular weight is 282 g/mol. The monoisotopic (exact) mass is 282 g/mol. The summed E-state index contributed by atoms with van der Waals surface area (Å²) in [6, 6.07) is 1.35. The fourth-order valence-corrected chi connectivity index (χ4v) is 3.55. The van der Waals surface area contributed by atoms with E-state index in [1.54, 1.807) is 0 Å². The Morgan fingerprint density at radius 1 is 1.20 bits per heavy atom. The number of nitrogens with one attached hydrogen (secondary N) is 1. The number of hydrogen-bond acceptors (Lipinski definition) is 3. The Morgan fingerprint density at radius 2 is 1.90 bits per heavy atom. The number of hydrogen-bond donors (Lipinski definition) is 1. The molecule has 0 spiro atoms. The Hall–Kier alpha value is -0.120. The summed E-state index contributed by atoms with van der Waals surface area (Å²) >= 11 is 0. The molecule has 1 aliphatic heterocycles. The van der Waals surface area contributed by atoms with Crippen LogP contribution in [0.3, 0.4) is 0 Å². The smallest absolute Gasteiger partial charge is 0.0468 e. The molecule has 0 amide bonds. The van der Waals surface area contributed by atoms with Gasteiger partial charge in [-0.15, -0.1) is 0 Å². The molecule has 2 unspecified atom stereocenters. The van der Waals surface area contributed by atoms with Crippen molar-refractivity contribution >= 4 is 0 Å². The molecule has 0 radical (unpaired) electrons. The van der Waals surface area contributed by atoms with Gasteiger partial charge in [0, 0.05) is 45.4 Å². The van der Waals surface area contributed by atoms with Crippen LogP contribution in [-0.2, 0) is 4.74 Å². The molecular weight excluding hydrogens is 248 g/mol. The third-order valence-corrected chi connectivity index (χ3v) is 5.40. The highest BCUT2D eigenvalue weighted by Gasteiger charge is 2.45. The third-order valence-electron chi connectivity index (χ3n) is 5.40. The molecule has 1 saturated carbocycles. The minimum Gasteiger partial charge on any atom is -0.385 e. The Morgan fingerprint density at radius 3 is 2.40 bits per heavy atom. The maximum absolute atomic E-state index is 5.31. The summed E-state index contributed by atoms with van der Waals surface area (Å²) < 4.78 is 5.31. The van der Waals surface area contributed by atoms with Gasteiger partial charge in [-0.25, -0.2) is 0 Å². The van der Waals surface area contributed by atoms with E-state index < -0.39 is 0 Å².